The molecule has 3 saturated heterocycles. The first-order chi connectivity index (χ1) is 41.6. The number of cyclic esters (lactones) is 2. The van der Waals surface area contributed by atoms with E-state index in [2.05, 4.69) is 9.47 Å². The van der Waals surface area contributed by atoms with E-state index in [0.717, 1.165) is 88.4 Å². The van der Waals surface area contributed by atoms with Crippen molar-refractivity contribution in [1.82, 2.24) is 0 Å². The van der Waals surface area contributed by atoms with Gasteiger partial charge in [0.1, 0.15) is 23.5 Å². The summed E-state index contributed by atoms with van der Waals surface area (Å²) in [5, 5.41) is 0. The third kappa shape index (κ3) is 24.6. The Morgan fingerprint density at radius 3 is 0.894 bits per heavy atom. The van der Waals surface area contributed by atoms with Crippen molar-refractivity contribution in [3.63, 3.8) is 0 Å². The molecule has 0 aromatic rings. The molecular formula is C76H138O9. The number of Topliss-reactive ketones (excluding diaryl/α,β-unsaturated/α-hetero) is 3. The van der Waals surface area contributed by atoms with Gasteiger partial charge >= 0.3 is 17.9 Å². The number of hydrogen-bond acceptors (Lipinski definition) is 9. The lowest BCUT2D eigenvalue weighted by molar-refractivity contribution is -0.148. The molecule has 0 amide bonds. The Bertz CT molecular complexity index is 1610. The van der Waals surface area contributed by atoms with Gasteiger partial charge in [0, 0.05) is 49.9 Å². The topological polar surface area (TPSA) is 130 Å². The molecule has 85 heavy (non-hydrogen) atoms. The highest BCUT2D eigenvalue weighted by Crippen LogP contribution is 2.67. The molecule has 16 aliphatic carbocycles. The summed E-state index contributed by atoms with van der Waals surface area (Å²) in [5.74, 6) is 18.1. The summed E-state index contributed by atoms with van der Waals surface area (Å²) in [6.45, 7) is 33.3. The van der Waals surface area contributed by atoms with Crippen molar-refractivity contribution in [2.24, 2.45) is 101 Å². The fraction of sp³-hybridized carbons (Fsp3) is 0.921. The maximum atomic E-state index is 11.6. The Morgan fingerprint density at radius 1 is 0.306 bits per heavy atom. The van der Waals surface area contributed by atoms with Crippen LogP contribution in [-0.2, 0) is 43.0 Å². The van der Waals surface area contributed by atoms with Crippen molar-refractivity contribution in [3.8, 4) is 0 Å². The van der Waals surface area contributed by atoms with Gasteiger partial charge in [0.2, 0.25) is 0 Å². The summed E-state index contributed by atoms with van der Waals surface area (Å²) >= 11 is 0. The molecule has 19 aliphatic rings. The maximum absolute atomic E-state index is 11.6. The molecule has 16 bridgehead atoms. The van der Waals surface area contributed by atoms with E-state index >= 15 is 0 Å². The van der Waals surface area contributed by atoms with Gasteiger partial charge in [-0.25, -0.2) is 0 Å². The standard InChI is InChI=1S/C12H18.C10H14O.C10H16.C7H10O.C6H8O2.C6H10O.C5H8O2.C4H6O2.8C2H6/c1-2-8-5-7(1)11-9-3-4-10(6-9)12(8)11;11-10-8-2-6-1-7(4-8)5-9(10)3-6;1-7-2-9-4-8(1)5-10(3-7)6-9;8-7-4-5-1-2-6(7)3-5;7-6-4-1-2-5(3-4)8-6;7-6-4-2-1-3-5-6;6-5-3-1-2-4-7-5;5-4-2-1-3-6-4;8*1-2/h7-12H,1-6H2;6-9H,1-5H2;7-10H,1-6H2;5-6H,1-4H2;4-5H,1-3H2;1-5H2;1-4H2;1-3H2;8*1-2H3. The first-order valence-corrected chi connectivity index (χ1v) is 37.7. The van der Waals surface area contributed by atoms with Crippen LogP contribution in [0.4, 0.5) is 0 Å². The first-order valence-electron chi connectivity index (χ1n) is 37.7. The second-order valence-electron chi connectivity index (χ2n) is 26.1. The molecule has 0 aromatic carbocycles. The zero-order valence-corrected chi connectivity index (χ0v) is 58.5. The van der Waals surface area contributed by atoms with Crippen LogP contribution in [0.1, 0.15) is 329 Å². The van der Waals surface area contributed by atoms with Gasteiger partial charge in [-0.1, -0.05) is 117 Å². The number of hydrogen-bond donors (Lipinski definition) is 0. The lowest BCUT2D eigenvalue weighted by atomic mass is 9.56. The van der Waals surface area contributed by atoms with Gasteiger partial charge in [0.05, 0.1) is 19.1 Å². The van der Waals surface area contributed by atoms with Crippen LogP contribution in [0.2, 0.25) is 0 Å². The molecule has 496 valence electrons. The summed E-state index contributed by atoms with van der Waals surface area (Å²) in [6, 6.07) is 0. The Kier molecular flexibility index (Phi) is 41.4. The summed E-state index contributed by atoms with van der Waals surface area (Å²) in [4.78, 5) is 63.7. The molecule has 0 N–H and O–H groups in total. The zero-order valence-electron chi connectivity index (χ0n) is 58.5. The predicted octanol–water partition coefficient (Wildman–Crippen LogP) is 20.8. The van der Waals surface area contributed by atoms with E-state index in [1.54, 1.807) is 77.0 Å². The zero-order chi connectivity index (χ0) is 63.4. The van der Waals surface area contributed by atoms with Crippen LogP contribution < -0.4 is 0 Å². The highest BCUT2D eigenvalue weighted by molar-refractivity contribution is 5.85. The van der Waals surface area contributed by atoms with E-state index in [4.69, 9.17) is 4.74 Å². The van der Waals surface area contributed by atoms with Crippen LogP contribution in [0, 0.1) is 101 Å². The van der Waals surface area contributed by atoms with Gasteiger partial charge in [-0.3, -0.25) is 28.8 Å². The van der Waals surface area contributed by atoms with E-state index < -0.39 is 0 Å². The molecule has 0 spiro atoms. The van der Waals surface area contributed by atoms with Crippen molar-refractivity contribution in [3.05, 3.63) is 0 Å². The van der Waals surface area contributed by atoms with Crippen LogP contribution in [0.25, 0.3) is 0 Å². The van der Waals surface area contributed by atoms with Crippen LogP contribution in [-0.4, -0.2) is 54.6 Å². The molecule has 16 saturated carbocycles. The summed E-state index contributed by atoms with van der Waals surface area (Å²) in [5.41, 5.74) is 0. The van der Waals surface area contributed by atoms with Crippen LogP contribution in [0.5, 0.6) is 0 Å². The molecule has 0 aromatic heterocycles. The van der Waals surface area contributed by atoms with Crippen molar-refractivity contribution in [2.75, 3.05) is 13.2 Å². The molecule has 8 unspecified atom stereocenters. The third-order valence-corrected chi connectivity index (χ3v) is 21.3. The number of carbonyl (C=O) groups is 6. The molecule has 3 aliphatic heterocycles. The van der Waals surface area contributed by atoms with Gasteiger partial charge in [0.25, 0.3) is 0 Å². The average molecular weight is 1200 g/mol. The average Bonchev–Trinajstić information content (AvgIpc) is 3.46. The normalized spacial score (nSPS) is 36.8. The number of ketones is 3. The number of ether oxygens (including phenoxy) is 3. The van der Waals surface area contributed by atoms with Gasteiger partial charge < -0.3 is 14.2 Å². The fourth-order valence-electron chi connectivity index (χ4n) is 18.7. The third-order valence-electron chi connectivity index (χ3n) is 21.3. The van der Waals surface area contributed by atoms with Crippen molar-refractivity contribution < 1.29 is 43.0 Å². The van der Waals surface area contributed by atoms with Gasteiger partial charge in [-0.2, -0.15) is 0 Å². The molecule has 9 nitrogen and oxygen atoms in total. The first kappa shape index (κ1) is 78.5. The molecule has 19 fully saturated rings. The second-order valence-corrected chi connectivity index (χ2v) is 26.1. The van der Waals surface area contributed by atoms with Gasteiger partial charge in [-0.05, 0) is 257 Å². The molecule has 0 radical (unpaired) electrons. The van der Waals surface area contributed by atoms with Crippen molar-refractivity contribution in [1.29, 1.82) is 0 Å². The maximum Gasteiger partial charge on any atom is 0.309 e. The molecule has 9 heteroatoms. The van der Waals surface area contributed by atoms with Crippen LogP contribution in [0.15, 0.2) is 0 Å². The molecule has 8 atom stereocenters. The van der Waals surface area contributed by atoms with E-state index in [9.17, 15) is 28.8 Å². The van der Waals surface area contributed by atoms with Crippen molar-refractivity contribution >= 4 is 35.3 Å². The monoisotopic (exact) mass is 1200 g/mol. The highest BCUT2D eigenvalue weighted by Gasteiger charge is 2.59. The number of esters is 3. The Morgan fingerprint density at radius 2 is 0.671 bits per heavy atom. The SMILES string of the molecule is C1C2CC3CC1CC(C2)C3.C1CC2CC1C1C3CCC(C3)C21.CC.CC.CC.CC.CC.CC.CC.CC.O=C1C2CC3CC(C2)CC1C3.O=C1CC2CCC1C2.O=C1CCCCC1.O=C1CCCCO1.O=C1CCCO1.O=C1OC2CCC1C2. The largest absolute Gasteiger partial charge is 0.466 e. The van der Waals surface area contributed by atoms with Gasteiger partial charge in [0.15, 0.2) is 0 Å². The minimum atomic E-state index is -0.0463. The predicted molar refractivity (Wildman–Crippen MR) is 354 cm³/mol. The quantitative estimate of drug-likeness (QED) is 0.132. The minimum absolute atomic E-state index is 0.0359. The van der Waals surface area contributed by atoms with Crippen LogP contribution in [0.3, 0.4) is 0 Å². The summed E-state index contributed by atoms with van der Waals surface area (Å²) < 4.78 is 14.1. The lowest BCUT2D eigenvalue weighted by Gasteiger charge is -2.49. The number of rotatable bonds is 0. The molecule has 3 heterocycles. The Balaban J connectivity index is 0.000000323. The smallest absolute Gasteiger partial charge is 0.309 e. The lowest BCUT2D eigenvalue weighted by Crippen LogP contribution is -2.45. The minimum Gasteiger partial charge on any atom is -0.466 e. The fourth-order valence-corrected chi connectivity index (χ4v) is 18.7. The number of carbonyl (C=O) groups excluding carboxylic acids is 6. The van der Waals surface area contributed by atoms with E-state index in [1.807, 2.05) is 111 Å². The Labute approximate surface area is 524 Å². The highest BCUT2D eigenvalue weighted by atomic mass is 16.6. The van der Waals surface area contributed by atoms with E-state index in [0.29, 0.717) is 67.3 Å². The molecular weight excluding hydrogens is 1060 g/mol. The van der Waals surface area contributed by atoms with E-state index in [1.165, 1.54) is 117 Å². The molecule has 19 rings (SSSR count). The van der Waals surface area contributed by atoms with Crippen molar-refractivity contribution in [2.45, 2.75) is 335 Å². The number of fused-ring (bicyclic) bond motifs is 13. The Hall–Kier alpha value is -2.58. The summed E-state index contributed by atoms with van der Waals surface area (Å²) in [7, 11) is 0. The van der Waals surface area contributed by atoms with Gasteiger partial charge in [-0.15, -0.1) is 0 Å². The van der Waals surface area contributed by atoms with Crippen LogP contribution >= 0.6 is 0 Å². The van der Waals surface area contributed by atoms with E-state index in [-0.39, 0.29) is 23.8 Å². The second kappa shape index (κ2) is 44.8. The summed E-state index contributed by atoms with van der Waals surface area (Å²) in [6.07, 6.45) is 43.3.